The lowest BCUT2D eigenvalue weighted by Gasteiger charge is -2.37. The van der Waals surface area contributed by atoms with Gasteiger partial charge in [-0.2, -0.15) is 0 Å². The molecule has 3 atom stereocenters. The van der Waals surface area contributed by atoms with E-state index in [4.69, 9.17) is 0 Å². The van der Waals surface area contributed by atoms with Crippen molar-refractivity contribution in [1.82, 2.24) is 15.5 Å². The van der Waals surface area contributed by atoms with E-state index in [2.05, 4.69) is 10.6 Å². The summed E-state index contributed by atoms with van der Waals surface area (Å²) in [6, 6.07) is 7.49. The number of benzene rings is 1. The lowest BCUT2D eigenvalue weighted by Crippen LogP contribution is -2.55. The topological polar surface area (TPSA) is 78.5 Å². The van der Waals surface area contributed by atoms with Gasteiger partial charge < -0.3 is 15.5 Å². The molecule has 1 aromatic carbocycles. The minimum absolute atomic E-state index is 0.0379. The van der Waals surface area contributed by atoms with Gasteiger partial charge in [0.2, 0.25) is 11.8 Å². The minimum Gasteiger partial charge on any atom is -0.351 e. The number of piperidine rings is 1. The first-order valence-electron chi connectivity index (χ1n) is 12.5. The van der Waals surface area contributed by atoms with Gasteiger partial charge in [-0.3, -0.25) is 14.4 Å². The predicted molar refractivity (Wildman–Crippen MR) is 124 cm³/mol. The monoisotopic (exact) mass is 439 g/mol. The summed E-state index contributed by atoms with van der Waals surface area (Å²) >= 11 is 0. The van der Waals surface area contributed by atoms with Crippen LogP contribution in [0.25, 0.3) is 0 Å². The second-order valence-corrected chi connectivity index (χ2v) is 9.90. The van der Waals surface area contributed by atoms with Crippen LogP contribution in [0, 0.1) is 18.8 Å². The zero-order valence-electron chi connectivity index (χ0n) is 19.3. The molecule has 3 amide bonds. The fourth-order valence-corrected chi connectivity index (χ4v) is 5.67. The highest BCUT2D eigenvalue weighted by molar-refractivity contribution is 5.95. The molecule has 0 unspecified atom stereocenters. The van der Waals surface area contributed by atoms with Crippen LogP contribution in [-0.4, -0.2) is 47.8 Å². The lowest BCUT2D eigenvalue weighted by atomic mass is 9.88. The third-order valence-corrected chi connectivity index (χ3v) is 7.61. The number of nitrogens with zero attached hydrogens (tertiary/aromatic N) is 1. The zero-order valence-corrected chi connectivity index (χ0v) is 19.3. The van der Waals surface area contributed by atoms with Crippen molar-refractivity contribution >= 4 is 17.7 Å². The quantitative estimate of drug-likeness (QED) is 0.736. The van der Waals surface area contributed by atoms with Crippen LogP contribution in [0.4, 0.5) is 0 Å². The van der Waals surface area contributed by atoms with Gasteiger partial charge in [0, 0.05) is 36.7 Å². The smallest absolute Gasteiger partial charge is 0.251 e. The van der Waals surface area contributed by atoms with E-state index in [0.717, 1.165) is 76.3 Å². The average molecular weight is 440 g/mol. The van der Waals surface area contributed by atoms with Crippen LogP contribution < -0.4 is 10.6 Å². The van der Waals surface area contributed by atoms with Crippen LogP contribution >= 0.6 is 0 Å². The first-order valence-corrected chi connectivity index (χ1v) is 12.5. The van der Waals surface area contributed by atoms with Crippen LogP contribution in [0.15, 0.2) is 24.3 Å². The second-order valence-electron chi connectivity index (χ2n) is 9.90. The van der Waals surface area contributed by atoms with Gasteiger partial charge in [-0.25, -0.2) is 0 Å². The Morgan fingerprint density at radius 2 is 1.44 bits per heavy atom. The highest BCUT2D eigenvalue weighted by atomic mass is 16.2. The van der Waals surface area contributed by atoms with E-state index >= 15 is 0 Å². The molecule has 2 aliphatic carbocycles. The Bertz CT molecular complexity index is 833. The van der Waals surface area contributed by atoms with E-state index in [0.29, 0.717) is 12.1 Å². The van der Waals surface area contributed by atoms with E-state index in [9.17, 15) is 14.4 Å². The molecule has 0 radical (unpaired) electrons. The number of likely N-dealkylation sites (tertiary alicyclic amines) is 1. The summed E-state index contributed by atoms with van der Waals surface area (Å²) in [5, 5.41) is 6.43. The maximum atomic E-state index is 13.1. The zero-order chi connectivity index (χ0) is 22.5. The van der Waals surface area contributed by atoms with Gasteiger partial charge in [-0.15, -0.1) is 0 Å². The molecule has 1 aliphatic heterocycles. The molecule has 2 saturated carbocycles. The fourth-order valence-electron chi connectivity index (χ4n) is 5.67. The molecule has 3 fully saturated rings. The second kappa shape index (κ2) is 10.5. The van der Waals surface area contributed by atoms with Crippen molar-refractivity contribution in [2.75, 3.05) is 13.1 Å². The van der Waals surface area contributed by atoms with E-state index in [-0.39, 0.29) is 41.6 Å². The molecule has 32 heavy (non-hydrogen) atoms. The fraction of sp³-hybridized carbons (Fsp3) is 0.654. The third kappa shape index (κ3) is 5.33. The SMILES string of the molecule is Cc1ccccc1C(=O)N[C@@H]1CCCC[C@H]1NC(=O)[C@@H]1CCCN(C(=O)C2CCCC2)C1. The molecule has 6 nitrogen and oxygen atoms in total. The van der Waals surface area contributed by atoms with Gasteiger partial charge in [0.1, 0.15) is 0 Å². The molecular weight excluding hydrogens is 402 g/mol. The summed E-state index contributed by atoms with van der Waals surface area (Å²) in [6.45, 7) is 3.25. The van der Waals surface area contributed by atoms with Gasteiger partial charge in [-0.1, -0.05) is 43.9 Å². The highest BCUT2D eigenvalue weighted by Gasteiger charge is 2.35. The van der Waals surface area contributed by atoms with Crippen molar-refractivity contribution in [1.29, 1.82) is 0 Å². The number of carbonyl (C=O) groups excluding carboxylic acids is 3. The standard InChI is InChI=1S/C26H37N3O3/c1-18-9-2-5-13-21(18)25(31)28-23-15-7-6-14-22(23)27-24(30)20-12-8-16-29(17-20)26(32)19-10-3-4-11-19/h2,5,9,13,19-20,22-23H,3-4,6-8,10-12,14-17H2,1H3,(H,27,30)(H,28,31)/t20-,22-,23-/m1/s1. The average Bonchev–Trinajstić information content (AvgIpc) is 3.35. The van der Waals surface area contributed by atoms with Crippen LogP contribution in [0.5, 0.6) is 0 Å². The number of carbonyl (C=O) groups is 3. The Labute approximate surface area is 191 Å². The summed E-state index contributed by atoms with van der Waals surface area (Å²) in [5.41, 5.74) is 1.65. The lowest BCUT2D eigenvalue weighted by molar-refractivity contribution is -0.139. The van der Waals surface area contributed by atoms with Crippen molar-refractivity contribution in [3.05, 3.63) is 35.4 Å². The molecule has 1 heterocycles. The molecule has 1 aromatic rings. The Kier molecular flexibility index (Phi) is 7.48. The summed E-state index contributed by atoms with van der Waals surface area (Å²) < 4.78 is 0. The van der Waals surface area contributed by atoms with Gasteiger partial charge in [-0.05, 0) is 57.1 Å². The normalized spacial score (nSPS) is 26.5. The van der Waals surface area contributed by atoms with Crippen molar-refractivity contribution in [3.8, 4) is 0 Å². The molecule has 2 N–H and O–H groups in total. The van der Waals surface area contributed by atoms with E-state index in [1.54, 1.807) is 0 Å². The first-order chi connectivity index (χ1) is 15.5. The number of aryl methyl sites for hydroxylation is 1. The largest absolute Gasteiger partial charge is 0.351 e. The minimum atomic E-state index is -0.149. The van der Waals surface area contributed by atoms with Crippen LogP contribution in [-0.2, 0) is 9.59 Å². The Morgan fingerprint density at radius 1 is 0.812 bits per heavy atom. The number of hydrogen-bond donors (Lipinski definition) is 2. The summed E-state index contributed by atoms with van der Waals surface area (Å²) in [4.78, 5) is 40.8. The van der Waals surface area contributed by atoms with E-state index in [1.807, 2.05) is 36.1 Å². The number of hydrogen-bond acceptors (Lipinski definition) is 3. The summed E-state index contributed by atoms with van der Waals surface area (Å²) in [7, 11) is 0. The molecule has 4 rings (SSSR count). The van der Waals surface area contributed by atoms with Gasteiger partial charge in [0.05, 0.1) is 5.92 Å². The number of amides is 3. The maximum Gasteiger partial charge on any atom is 0.251 e. The van der Waals surface area contributed by atoms with Crippen LogP contribution in [0.1, 0.15) is 80.1 Å². The van der Waals surface area contributed by atoms with E-state index < -0.39 is 0 Å². The summed E-state index contributed by atoms with van der Waals surface area (Å²) in [6.07, 6.45) is 9.85. The Hall–Kier alpha value is -2.37. The maximum absolute atomic E-state index is 13.1. The van der Waals surface area contributed by atoms with Crippen molar-refractivity contribution in [2.24, 2.45) is 11.8 Å². The molecule has 174 valence electrons. The van der Waals surface area contributed by atoms with Crippen molar-refractivity contribution in [3.63, 3.8) is 0 Å². The van der Waals surface area contributed by atoms with Gasteiger partial charge in [0.15, 0.2) is 0 Å². The molecule has 3 aliphatic rings. The van der Waals surface area contributed by atoms with Crippen LogP contribution in [0.3, 0.4) is 0 Å². The Morgan fingerprint density at radius 3 is 2.16 bits per heavy atom. The molecule has 0 bridgehead atoms. The van der Waals surface area contributed by atoms with Crippen LogP contribution in [0.2, 0.25) is 0 Å². The van der Waals surface area contributed by atoms with Crippen molar-refractivity contribution < 1.29 is 14.4 Å². The Balaban J connectivity index is 1.35. The predicted octanol–water partition coefficient (Wildman–Crippen LogP) is 3.58. The molecular formula is C26H37N3O3. The third-order valence-electron chi connectivity index (χ3n) is 7.61. The number of rotatable bonds is 5. The molecule has 0 spiro atoms. The first kappa shape index (κ1) is 22.8. The molecule has 6 heteroatoms. The number of nitrogens with one attached hydrogen (secondary N) is 2. The summed E-state index contributed by atoms with van der Waals surface area (Å²) in [5.74, 6) is 0.234. The van der Waals surface area contributed by atoms with Gasteiger partial charge >= 0.3 is 0 Å². The van der Waals surface area contributed by atoms with Gasteiger partial charge in [0.25, 0.3) is 5.91 Å². The molecule has 1 saturated heterocycles. The van der Waals surface area contributed by atoms with Crippen molar-refractivity contribution in [2.45, 2.75) is 83.2 Å². The highest BCUT2D eigenvalue weighted by Crippen LogP contribution is 2.29. The molecule has 0 aromatic heterocycles. The van der Waals surface area contributed by atoms with E-state index in [1.165, 1.54) is 0 Å².